The van der Waals surface area contributed by atoms with Crippen molar-refractivity contribution >= 4 is 17.2 Å². The molecule has 0 bridgehead atoms. The SMILES string of the molecule is Cc1c(Cl)nn2c(Cc3ccc(F)c(F)c3)nnc2c1C. The van der Waals surface area contributed by atoms with Crippen molar-refractivity contribution in [3.8, 4) is 0 Å². The summed E-state index contributed by atoms with van der Waals surface area (Å²) in [5.74, 6) is -1.25. The number of benzene rings is 1. The van der Waals surface area contributed by atoms with E-state index in [4.69, 9.17) is 11.6 Å². The third-order valence-corrected chi connectivity index (χ3v) is 3.81. The van der Waals surface area contributed by atoms with Crippen molar-refractivity contribution in [2.24, 2.45) is 0 Å². The van der Waals surface area contributed by atoms with Crippen molar-refractivity contribution in [2.75, 3.05) is 0 Å². The van der Waals surface area contributed by atoms with Crippen LogP contribution in [0.5, 0.6) is 0 Å². The monoisotopic (exact) mass is 308 g/mol. The lowest BCUT2D eigenvalue weighted by Gasteiger charge is -2.05. The van der Waals surface area contributed by atoms with Crippen LogP contribution < -0.4 is 0 Å². The van der Waals surface area contributed by atoms with Gasteiger partial charge in [0, 0.05) is 12.0 Å². The van der Waals surface area contributed by atoms with Crippen molar-refractivity contribution in [1.82, 2.24) is 19.8 Å². The molecule has 0 spiro atoms. The van der Waals surface area contributed by atoms with Gasteiger partial charge < -0.3 is 0 Å². The minimum Gasteiger partial charge on any atom is -0.204 e. The van der Waals surface area contributed by atoms with Crippen LogP contribution in [0.2, 0.25) is 5.15 Å². The maximum absolute atomic E-state index is 13.2. The molecular formula is C14H11ClF2N4. The van der Waals surface area contributed by atoms with Gasteiger partial charge in [0.1, 0.15) is 0 Å². The first-order valence-electron chi connectivity index (χ1n) is 6.28. The number of hydrogen-bond donors (Lipinski definition) is 0. The Hall–Kier alpha value is -2.08. The van der Waals surface area contributed by atoms with Crippen LogP contribution in [0.1, 0.15) is 22.5 Å². The van der Waals surface area contributed by atoms with Crippen LogP contribution in [0.25, 0.3) is 5.65 Å². The number of rotatable bonds is 2. The van der Waals surface area contributed by atoms with Crippen LogP contribution in [0.3, 0.4) is 0 Å². The van der Waals surface area contributed by atoms with E-state index < -0.39 is 11.6 Å². The average molecular weight is 309 g/mol. The summed E-state index contributed by atoms with van der Waals surface area (Å²) in [5, 5.41) is 12.7. The highest BCUT2D eigenvalue weighted by molar-refractivity contribution is 6.30. The van der Waals surface area contributed by atoms with E-state index in [1.54, 1.807) is 0 Å². The van der Waals surface area contributed by atoms with Gasteiger partial charge >= 0.3 is 0 Å². The summed E-state index contributed by atoms with van der Waals surface area (Å²) in [6, 6.07) is 3.73. The van der Waals surface area contributed by atoms with Gasteiger partial charge in [0.05, 0.1) is 0 Å². The van der Waals surface area contributed by atoms with Crippen LogP contribution in [-0.2, 0) is 6.42 Å². The van der Waals surface area contributed by atoms with Gasteiger partial charge in [-0.3, -0.25) is 0 Å². The van der Waals surface area contributed by atoms with Gasteiger partial charge in [0.15, 0.2) is 28.3 Å². The number of hydrogen-bond acceptors (Lipinski definition) is 3. The molecule has 0 saturated carbocycles. The lowest BCUT2D eigenvalue weighted by Crippen LogP contribution is -2.03. The molecule has 0 N–H and O–H groups in total. The molecule has 7 heteroatoms. The molecule has 0 unspecified atom stereocenters. The van der Waals surface area contributed by atoms with E-state index in [1.165, 1.54) is 10.6 Å². The molecule has 3 aromatic rings. The predicted molar refractivity (Wildman–Crippen MR) is 74.4 cm³/mol. The summed E-state index contributed by atoms with van der Waals surface area (Å²) in [7, 11) is 0. The fourth-order valence-electron chi connectivity index (χ4n) is 2.08. The molecule has 0 aliphatic carbocycles. The summed E-state index contributed by atoms with van der Waals surface area (Å²) in [6.45, 7) is 3.74. The summed E-state index contributed by atoms with van der Waals surface area (Å²) >= 11 is 6.07. The van der Waals surface area contributed by atoms with Gasteiger partial charge in [-0.1, -0.05) is 17.7 Å². The Balaban J connectivity index is 2.07. The first-order chi connectivity index (χ1) is 9.97. The molecule has 0 radical (unpaired) electrons. The third-order valence-electron chi connectivity index (χ3n) is 3.45. The second-order valence-corrected chi connectivity index (χ2v) is 5.18. The lowest BCUT2D eigenvalue weighted by molar-refractivity contribution is 0.507. The number of fused-ring (bicyclic) bond motifs is 1. The Kier molecular flexibility index (Phi) is 3.33. The van der Waals surface area contributed by atoms with E-state index in [0.29, 0.717) is 22.2 Å². The van der Waals surface area contributed by atoms with Crippen molar-refractivity contribution in [1.29, 1.82) is 0 Å². The number of aryl methyl sites for hydroxylation is 1. The second-order valence-electron chi connectivity index (χ2n) is 4.82. The molecule has 0 saturated heterocycles. The minimum atomic E-state index is -0.890. The molecule has 0 amide bonds. The molecule has 2 aromatic heterocycles. The summed E-state index contributed by atoms with van der Waals surface area (Å²) < 4.78 is 27.7. The van der Waals surface area contributed by atoms with E-state index in [2.05, 4.69) is 15.3 Å². The van der Waals surface area contributed by atoms with Crippen molar-refractivity contribution < 1.29 is 8.78 Å². The van der Waals surface area contributed by atoms with E-state index in [1.807, 2.05) is 13.8 Å². The Morgan fingerprint density at radius 3 is 2.57 bits per heavy atom. The number of nitrogens with zero attached hydrogens (tertiary/aromatic N) is 4. The molecular weight excluding hydrogens is 298 g/mol. The van der Waals surface area contributed by atoms with E-state index in [9.17, 15) is 8.78 Å². The van der Waals surface area contributed by atoms with Gasteiger partial charge in [-0.05, 0) is 37.1 Å². The largest absolute Gasteiger partial charge is 0.204 e. The molecule has 21 heavy (non-hydrogen) atoms. The zero-order valence-corrected chi connectivity index (χ0v) is 12.1. The molecule has 0 aliphatic heterocycles. The molecule has 4 nitrogen and oxygen atoms in total. The maximum atomic E-state index is 13.2. The smallest absolute Gasteiger partial charge is 0.181 e. The standard InChI is InChI=1S/C14H11ClF2N4/c1-7-8(2)14-19-18-12(21(14)20-13(7)15)6-9-3-4-10(16)11(17)5-9/h3-5H,6H2,1-2H3. The second kappa shape index (κ2) is 5.04. The van der Waals surface area contributed by atoms with E-state index >= 15 is 0 Å². The van der Waals surface area contributed by atoms with Crippen molar-refractivity contribution in [3.63, 3.8) is 0 Å². The fraction of sp³-hybridized carbons (Fsp3) is 0.214. The third kappa shape index (κ3) is 2.35. The Morgan fingerprint density at radius 1 is 1.10 bits per heavy atom. The van der Waals surface area contributed by atoms with Crippen LogP contribution in [0.4, 0.5) is 8.78 Å². The highest BCUT2D eigenvalue weighted by Gasteiger charge is 2.14. The van der Waals surface area contributed by atoms with Crippen LogP contribution in [0, 0.1) is 25.5 Å². The van der Waals surface area contributed by atoms with Crippen molar-refractivity contribution in [2.45, 2.75) is 20.3 Å². The molecule has 3 rings (SSSR count). The normalized spacial score (nSPS) is 11.3. The van der Waals surface area contributed by atoms with Gasteiger partial charge in [0.25, 0.3) is 0 Å². The highest BCUT2D eigenvalue weighted by atomic mass is 35.5. The van der Waals surface area contributed by atoms with Gasteiger partial charge in [0.2, 0.25) is 0 Å². The van der Waals surface area contributed by atoms with Crippen LogP contribution >= 0.6 is 11.6 Å². The quantitative estimate of drug-likeness (QED) is 0.730. The molecule has 2 heterocycles. The summed E-state index contributed by atoms with van der Waals surface area (Å²) in [6.07, 6.45) is 0.282. The molecule has 0 aliphatic rings. The maximum Gasteiger partial charge on any atom is 0.181 e. The first-order valence-corrected chi connectivity index (χ1v) is 6.66. The lowest BCUT2D eigenvalue weighted by atomic mass is 10.1. The molecule has 1 aromatic carbocycles. The van der Waals surface area contributed by atoms with Crippen LogP contribution in [-0.4, -0.2) is 19.8 Å². The van der Waals surface area contributed by atoms with Gasteiger partial charge in [-0.25, -0.2) is 8.78 Å². The fourth-order valence-corrected chi connectivity index (χ4v) is 2.30. The molecule has 108 valence electrons. The van der Waals surface area contributed by atoms with E-state index in [-0.39, 0.29) is 6.42 Å². The molecule has 0 atom stereocenters. The number of aromatic nitrogens is 4. The molecule has 0 fully saturated rings. The Morgan fingerprint density at radius 2 is 1.86 bits per heavy atom. The van der Waals surface area contributed by atoms with E-state index in [0.717, 1.165) is 23.3 Å². The van der Waals surface area contributed by atoms with Gasteiger partial charge in [-0.2, -0.15) is 9.61 Å². The average Bonchev–Trinajstić information content (AvgIpc) is 2.83. The Bertz CT molecular complexity index is 845. The predicted octanol–water partition coefficient (Wildman–Crippen LogP) is 3.26. The van der Waals surface area contributed by atoms with Crippen molar-refractivity contribution in [3.05, 3.63) is 57.5 Å². The zero-order valence-electron chi connectivity index (χ0n) is 11.4. The zero-order chi connectivity index (χ0) is 15.1. The van der Waals surface area contributed by atoms with Gasteiger partial charge in [-0.15, -0.1) is 10.2 Å². The summed E-state index contributed by atoms with van der Waals surface area (Å²) in [5.41, 5.74) is 2.92. The van der Waals surface area contributed by atoms with Crippen LogP contribution in [0.15, 0.2) is 18.2 Å². The number of halogens is 3. The highest BCUT2D eigenvalue weighted by Crippen LogP contribution is 2.20. The first kappa shape index (κ1) is 13.9. The minimum absolute atomic E-state index is 0.282. The Labute approximate surface area is 124 Å². The topological polar surface area (TPSA) is 43.1 Å². The summed E-state index contributed by atoms with van der Waals surface area (Å²) in [4.78, 5) is 0.